The van der Waals surface area contributed by atoms with E-state index in [0.29, 0.717) is 51.3 Å². The molecule has 0 spiro atoms. The van der Waals surface area contributed by atoms with Crippen LogP contribution < -0.4 is 0 Å². The second-order valence-electron chi connectivity index (χ2n) is 28.5. The lowest BCUT2D eigenvalue weighted by atomic mass is 10.0. The summed E-state index contributed by atoms with van der Waals surface area (Å²) in [4.78, 5) is 42.9. The quantitative estimate of drug-likeness (QED) is 0.0108. The monoisotopic (exact) mass is 1640 g/mol. The molecule has 0 rings (SSSR count). The van der Waals surface area contributed by atoms with E-state index in [-0.39, 0.29) is 50.3 Å². The lowest BCUT2D eigenvalue weighted by molar-refractivity contribution is -0.146. The Kier molecular flexibility index (Phi) is 99.0. The number of hydrogen-bond acceptors (Lipinski definition) is 14. The fourth-order valence-electron chi connectivity index (χ4n) is 7.73. The highest BCUT2D eigenvalue weighted by Gasteiger charge is 2.09. The zero-order valence-electron chi connectivity index (χ0n) is 74.9. The van der Waals surface area contributed by atoms with Crippen LogP contribution in [0.5, 0.6) is 0 Å². The summed E-state index contributed by atoms with van der Waals surface area (Å²) in [6, 6.07) is 0. The van der Waals surface area contributed by atoms with Crippen LogP contribution in [-0.4, -0.2) is 156 Å². The molecule has 0 heterocycles. The summed E-state index contributed by atoms with van der Waals surface area (Å²) in [7, 11) is 1.80. The fraction of sp³-hybridized carbons (Fsp3) is 0.551. The van der Waals surface area contributed by atoms with Crippen molar-refractivity contribution in [1.29, 1.82) is 0 Å². The molecule has 642 valence electrons. The third-order valence-electron chi connectivity index (χ3n) is 13.8. The number of unbranched alkanes of at least 4 members (excludes halogenated alkanes) is 5. The van der Waals surface area contributed by atoms with Crippen LogP contribution >= 0.6 is 0 Å². The lowest BCUT2D eigenvalue weighted by Gasteiger charge is -2.03. The summed E-state index contributed by atoms with van der Waals surface area (Å²) in [5, 5.41) is 0. The zero-order valence-corrected chi connectivity index (χ0v) is 77.9. The zero-order chi connectivity index (χ0) is 86.9. The van der Waals surface area contributed by atoms with Gasteiger partial charge in [0.05, 0.1) is 61.5 Å². The van der Waals surface area contributed by atoms with Crippen LogP contribution in [0.4, 0.5) is 0 Å². The highest BCUT2D eigenvalue weighted by molar-refractivity contribution is 6.84. The minimum Gasteiger partial charge on any atom is -0.467 e. The predicted molar refractivity (Wildman–Crippen MR) is 497 cm³/mol. The Morgan fingerprint density at radius 3 is 1.02 bits per heavy atom. The number of hydrogen-bond donors (Lipinski definition) is 0. The Hall–Kier alpha value is -7.99. The van der Waals surface area contributed by atoms with Gasteiger partial charge in [0.1, 0.15) is 57.3 Å². The van der Waals surface area contributed by atoms with Crippen LogP contribution in [0.3, 0.4) is 0 Å². The van der Waals surface area contributed by atoms with Gasteiger partial charge in [-0.1, -0.05) is 307 Å². The molecule has 0 N–H and O–H groups in total. The number of allylic oxidation sites excluding steroid dienone is 23. The molecule has 0 unspecified atom stereocenters. The van der Waals surface area contributed by atoms with Crippen molar-refractivity contribution < 1.29 is 66.5 Å². The number of carbonyl (C=O) groups excluding carboxylic acids is 4. The van der Waals surface area contributed by atoms with Crippen LogP contribution in [0.15, 0.2) is 170 Å². The molecule has 0 aromatic rings. The molecular formula is C98H154O14Si3. The third kappa shape index (κ3) is 127. The Morgan fingerprint density at radius 2 is 0.670 bits per heavy atom. The maximum Gasteiger partial charge on any atom is 0.331 e. The maximum atomic E-state index is 10.8. The van der Waals surface area contributed by atoms with Crippen LogP contribution in [0.1, 0.15) is 176 Å². The molecule has 14 nitrogen and oxygen atoms in total. The van der Waals surface area contributed by atoms with Gasteiger partial charge in [-0.2, -0.15) is 0 Å². The number of rotatable bonds is 51. The molecule has 0 radical (unpaired) electrons. The van der Waals surface area contributed by atoms with Gasteiger partial charge in [-0.15, -0.1) is 52.7 Å². The summed E-state index contributed by atoms with van der Waals surface area (Å²) in [5.74, 6) is 24.2. The van der Waals surface area contributed by atoms with E-state index in [0.717, 1.165) is 96.9 Å². The molecule has 0 aliphatic heterocycles. The van der Waals surface area contributed by atoms with Crippen molar-refractivity contribution in [2.24, 2.45) is 11.8 Å². The molecule has 0 bridgehead atoms. The lowest BCUT2D eigenvalue weighted by Crippen LogP contribution is -2.16. The molecule has 0 aromatic heterocycles. The highest BCUT2D eigenvalue weighted by atomic mass is 28.3. The Bertz CT molecular complexity index is 3180. The van der Waals surface area contributed by atoms with Crippen LogP contribution in [0.2, 0.25) is 58.9 Å². The van der Waals surface area contributed by atoms with E-state index in [1.54, 1.807) is 0 Å². The molecule has 0 amide bonds. The van der Waals surface area contributed by atoms with Gasteiger partial charge in [-0.05, 0) is 89.5 Å². The van der Waals surface area contributed by atoms with E-state index in [1.165, 1.54) is 79.8 Å². The number of esters is 4. The molecule has 0 aliphatic rings. The van der Waals surface area contributed by atoms with Gasteiger partial charge in [-0.25, -0.2) is 19.2 Å². The topological polar surface area (TPSA) is 161 Å². The third-order valence-corrected chi connectivity index (χ3v) is 16.6. The average Bonchev–Trinajstić information content (AvgIpc) is 1.03. The first-order valence-electron chi connectivity index (χ1n) is 41.1. The Morgan fingerprint density at radius 1 is 0.348 bits per heavy atom. The summed E-state index contributed by atoms with van der Waals surface area (Å²) in [6.07, 6.45) is 84.3. The first kappa shape index (κ1) is 118. The van der Waals surface area contributed by atoms with Gasteiger partial charge in [0.25, 0.3) is 0 Å². The molecule has 0 aliphatic carbocycles. The molecule has 115 heavy (non-hydrogen) atoms. The van der Waals surface area contributed by atoms with Crippen LogP contribution in [0, 0.1) is 82.3 Å². The summed E-state index contributed by atoms with van der Waals surface area (Å²) >= 11 is 0. The van der Waals surface area contributed by atoms with E-state index in [2.05, 4.69) is 273 Å². The first-order valence-corrected chi connectivity index (χ1v) is 51.6. The van der Waals surface area contributed by atoms with Crippen molar-refractivity contribution >= 4 is 48.1 Å². The largest absolute Gasteiger partial charge is 0.467 e. The van der Waals surface area contributed by atoms with Crippen molar-refractivity contribution in [2.75, 3.05) is 108 Å². The molecular weight excluding hydrogens is 1490 g/mol. The molecule has 0 saturated carbocycles. The number of methoxy groups -OCH3 is 4. The Balaban J connectivity index is -0.000000313. The van der Waals surface area contributed by atoms with E-state index in [9.17, 15) is 19.2 Å². The van der Waals surface area contributed by atoms with E-state index in [4.69, 9.17) is 34.8 Å². The second kappa shape index (κ2) is 96.6. The maximum absolute atomic E-state index is 10.8. The second-order valence-corrected chi connectivity index (χ2v) is 42.7. The molecule has 2 atom stereocenters. The highest BCUT2D eigenvalue weighted by Crippen LogP contribution is 2.12. The van der Waals surface area contributed by atoms with Crippen molar-refractivity contribution in [3.8, 4) is 70.4 Å². The molecule has 0 aromatic carbocycles. The summed E-state index contributed by atoms with van der Waals surface area (Å²) in [6.45, 7) is 37.8. The SMILES string of the molecule is C#CC/C=C\C/C=C\COCC(=O)OC.CCCCC[C@H](C)/C=C/C#CC/C=C\C/C=C\COCC(=O)OC.CCCCC[C@H](C)/C=C/C=C\C/C=C\C/C=C\COCC(=O)OC.CCOC/C=C\C/C=C\CC#C[Si](C)(C)C.CCOCC#CCC/C=C\CC#C[Si](C)(C)C.COC(=O)COC/C=C\C/C=C\CC#C[Si](C)(C)C. The molecule has 0 saturated heterocycles. The van der Waals surface area contributed by atoms with Gasteiger partial charge in [0.15, 0.2) is 0 Å². The van der Waals surface area contributed by atoms with Gasteiger partial charge >= 0.3 is 23.9 Å². The van der Waals surface area contributed by atoms with Gasteiger partial charge in [-0.3, -0.25) is 0 Å². The van der Waals surface area contributed by atoms with Gasteiger partial charge in [0, 0.05) is 51.7 Å². The number of terminal acetylenes is 1. The van der Waals surface area contributed by atoms with Crippen LogP contribution in [-0.2, 0) is 66.5 Å². The minimum absolute atomic E-state index is 0.00294. The van der Waals surface area contributed by atoms with Gasteiger partial charge < -0.3 is 47.4 Å². The fourth-order valence-corrected chi connectivity index (χ4v) is 9.63. The van der Waals surface area contributed by atoms with Crippen molar-refractivity contribution in [1.82, 2.24) is 0 Å². The normalized spacial score (nSPS) is 12.0. The standard InChI is InChI=1S/C21H34O3.C21H32O3.C15H24O3Si.C15H24OSi.C14H24OSi.C12H16O3/c2*1-4-5-13-16-20(2)17-14-11-9-7-6-8-10-12-15-18-24-19-21(22)23-3;1-17-15(16)14-18-12-10-8-6-5-7-9-11-13-19(2,3)4;1-5-16-14-12-10-8-6-7-9-11-13-15-17(2,3)4;1-5-15-13-11-9-7-6-8-10-12-14-16(2,3)4;1-3-4-5-6-7-8-9-10-15-11-12(13)14-2/h6,8-9,11-12,14-15,17,20H,4-5,7,10,13,16,18-19H2,1-3H3;6,8,12,14-15,17,20H,4-5,7,10,13,16,18-19H2,1-3H3;5,7-8,10H,6,9,12,14H2,1-4H3;7,9H,5-6,8,11,14H2,1-4H3;6,8-9,11H,5,7,10,13H2,1-4H3;1,5-6,8-9H,4,7,10-11H2,2H3/b8-6-,11-9-,15-12-,17-14+;8-6-,15-12-,17-14+;7-5-,10-8-;9-7-;8-6-,11-9-;6-5-,9-8-/t2*20-;;;;/m00..../s1. The average molecular weight is 1640 g/mol. The smallest absolute Gasteiger partial charge is 0.331 e. The Labute approximate surface area is 705 Å². The minimum atomic E-state index is -1.22. The summed E-state index contributed by atoms with van der Waals surface area (Å²) in [5.41, 5.74) is 9.99. The first-order chi connectivity index (χ1) is 55.3. The van der Waals surface area contributed by atoms with Crippen molar-refractivity contribution in [2.45, 2.75) is 235 Å². The van der Waals surface area contributed by atoms with E-state index in [1.807, 2.05) is 80.7 Å². The predicted octanol–water partition coefficient (Wildman–Crippen LogP) is 22.3. The van der Waals surface area contributed by atoms with E-state index < -0.39 is 24.2 Å². The van der Waals surface area contributed by atoms with Crippen molar-refractivity contribution in [3.63, 3.8) is 0 Å². The van der Waals surface area contributed by atoms with Crippen LogP contribution in [0.25, 0.3) is 0 Å². The van der Waals surface area contributed by atoms with Gasteiger partial charge in [0.2, 0.25) is 0 Å². The number of ether oxygens (including phenoxy) is 10. The summed E-state index contributed by atoms with van der Waals surface area (Å²) < 4.78 is 48.4. The number of carbonyl (C=O) groups is 4. The molecule has 17 heteroatoms. The van der Waals surface area contributed by atoms with Crippen molar-refractivity contribution in [3.05, 3.63) is 170 Å². The molecule has 0 fully saturated rings. The van der Waals surface area contributed by atoms with E-state index >= 15 is 0 Å².